The Morgan fingerprint density at radius 1 is 0.474 bits per heavy atom. The number of esters is 1. The second kappa shape index (κ2) is 55.5. The van der Waals surface area contributed by atoms with Crippen LogP contribution in [0.3, 0.4) is 0 Å². The summed E-state index contributed by atoms with van der Waals surface area (Å²) in [6, 6.07) is -0.868. The molecule has 3 unspecified atom stereocenters. The average Bonchev–Trinajstić information content (AvgIpc) is 3.38. The van der Waals surface area contributed by atoms with E-state index in [9.17, 15) is 19.0 Å². The summed E-state index contributed by atoms with van der Waals surface area (Å²) in [6.07, 6.45) is 73.0. The minimum absolute atomic E-state index is 0.0308. The van der Waals surface area contributed by atoms with E-state index in [1.165, 1.54) is 141 Å². The Hall–Kier alpha value is -2.81. The van der Waals surface area contributed by atoms with E-state index in [2.05, 4.69) is 99.0 Å². The highest BCUT2D eigenvalue weighted by Gasteiger charge is 2.30. The molecule has 1 amide bonds. The molecule has 0 aliphatic carbocycles. The lowest BCUT2D eigenvalue weighted by atomic mass is 10.0. The van der Waals surface area contributed by atoms with Gasteiger partial charge >= 0.3 is 13.8 Å². The Morgan fingerprint density at radius 3 is 1.30 bits per heavy atom. The molecule has 0 fully saturated rings. The Morgan fingerprint density at radius 2 is 0.842 bits per heavy atom. The van der Waals surface area contributed by atoms with Gasteiger partial charge in [-0.2, -0.15) is 0 Å². The van der Waals surface area contributed by atoms with E-state index in [1.54, 1.807) is 0 Å². The maximum absolute atomic E-state index is 13.5. The number of hydrogen-bond donors (Lipinski definition) is 2. The van der Waals surface area contributed by atoms with Crippen molar-refractivity contribution < 1.29 is 37.3 Å². The number of carbonyl (C=O) groups excluding carboxylic acids is 2. The number of nitrogens with one attached hydrogen (secondary N) is 1. The van der Waals surface area contributed by atoms with Gasteiger partial charge in [0.2, 0.25) is 5.91 Å². The zero-order chi connectivity index (χ0) is 55.7. The first kappa shape index (κ1) is 73.2. The van der Waals surface area contributed by atoms with E-state index in [-0.39, 0.29) is 31.5 Å². The van der Waals surface area contributed by atoms with Gasteiger partial charge in [-0.05, 0) is 102 Å². The summed E-state index contributed by atoms with van der Waals surface area (Å²) in [5.74, 6) is -0.542. The molecule has 0 aliphatic heterocycles. The second-order valence-electron chi connectivity index (χ2n) is 22.2. The monoisotopic (exact) mass is 1080 g/mol. The van der Waals surface area contributed by atoms with Crippen LogP contribution >= 0.6 is 7.82 Å². The molecule has 76 heavy (non-hydrogen) atoms. The molecule has 0 bridgehead atoms. The van der Waals surface area contributed by atoms with Crippen LogP contribution < -0.4 is 5.32 Å². The first-order valence-electron chi connectivity index (χ1n) is 31.4. The normalized spacial score (nSPS) is 14.2. The number of phosphoric ester groups is 1. The molecule has 0 saturated heterocycles. The summed E-state index contributed by atoms with van der Waals surface area (Å²) >= 11 is 0. The van der Waals surface area contributed by atoms with Crippen LogP contribution in [0.1, 0.15) is 271 Å². The topological polar surface area (TPSA) is 111 Å². The van der Waals surface area contributed by atoms with Crippen molar-refractivity contribution in [1.29, 1.82) is 0 Å². The van der Waals surface area contributed by atoms with Crippen molar-refractivity contribution in [1.82, 2.24) is 5.32 Å². The number of nitrogens with zero attached hydrogens (tertiary/aromatic N) is 1. The molecule has 0 aliphatic rings. The van der Waals surface area contributed by atoms with Crippen molar-refractivity contribution in [2.75, 3.05) is 40.9 Å². The van der Waals surface area contributed by atoms with Crippen LogP contribution in [-0.4, -0.2) is 74.3 Å². The number of likely N-dealkylation sites (N-methyl/N-ethyl adjacent to an activating group) is 1. The number of unbranched alkanes of at least 4 members (excludes halogenated alkanes) is 28. The van der Waals surface area contributed by atoms with Crippen molar-refractivity contribution in [3.05, 3.63) is 85.1 Å². The highest BCUT2D eigenvalue weighted by molar-refractivity contribution is 7.47. The Kier molecular flexibility index (Phi) is 53.5. The fourth-order valence-electron chi connectivity index (χ4n) is 8.73. The number of rotatable bonds is 56. The highest BCUT2D eigenvalue weighted by atomic mass is 31.2. The molecule has 0 radical (unpaired) electrons. The standard InChI is InChI=1S/C66H119N2O7P/c1-7-10-13-16-19-22-25-27-29-31-32-33-34-35-36-37-39-41-44-47-50-53-56-59-66(70)75-64(57-54-51-48-45-42-24-21-18-15-12-9-3)63(62-74-76(71,72)73-61-60-68(4,5)6)67-65(69)58-55-52-49-46-43-40-38-30-28-26-23-20-17-14-11-8-2/h11,14,19-20,22-23,27-30,40,43,54,57,63-64H,7-10,12-13,15-18,21,24-26,31-39,41-42,44-53,55-56,58-62H2,1-6H3,(H-,67,69,71,72)/p+1/b14-11+,22-19-,23-20+,29-27-,30-28+,43-40+,57-54-. The van der Waals surface area contributed by atoms with E-state index in [0.717, 1.165) is 89.9 Å². The summed E-state index contributed by atoms with van der Waals surface area (Å²) in [7, 11) is 1.47. The Bertz CT molecular complexity index is 1580. The van der Waals surface area contributed by atoms with Gasteiger partial charge < -0.3 is 19.4 Å². The maximum atomic E-state index is 13.5. The van der Waals surface area contributed by atoms with Gasteiger partial charge in [-0.3, -0.25) is 18.6 Å². The molecule has 10 heteroatoms. The van der Waals surface area contributed by atoms with Crippen molar-refractivity contribution in [3.63, 3.8) is 0 Å². The average molecular weight is 1080 g/mol. The van der Waals surface area contributed by atoms with E-state index in [0.29, 0.717) is 23.9 Å². The summed E-state index contributed by atoms with van der Waals surface area (Å²) < 4.78 is 30.7. The molecule has 0 aromatic carbocycles. The molecule has 9 nitrogen and oxygen atoms in total. The van der Waals surface area contributed by atoms with Crippen LogP contribution in [0, 0.1) is 0 Å². The predicted octanol–water partition coefficient (Wildman–Crippen LogP) is 19.4. The third kappa shape index (κ3) is 55.9. The fourth-order valence-corrected chi connectivity index (χ4v) is 9.46. The zero-order valence-electron chi connectivity index (χ0n) is 50.2. The molecule has 0 heterocycles. The summed E-state index contributed by atoms with van der Waals surface area (Å²) in [4.78, 5) is 37.7. The lowest BCUT2D eigenvalue weighted by Crippen LogP contribution is -2.47. The number of ether oxygens (including phenoxy) is 1. The minimum atomic E-state index is -4.46. The van der Waals surface area contributed by atoms with Gasteiger partial charge in [0.05, 0.1) is 33.8 Å². The number of hydrogen-bond acceptors (Lipinski definition) is 6. The van der Waals surface area contributed by atoms with Gasteiger partial charge in [0.1, 0.15) is 19.3 Å². The van der Waals surface area contributed by atoms with Crippen LogP contribution in [0.25, 0.3) is 0 Å². The molecule has 0 rings (SSSR count). The third-order valence-corrected chi connectivity index (χ3v) is 14.6. The quantitative estimate of drug-likeness (QED) is 0.0205. The summed E-state index contributed by atoms with van der Waals surface area (Å²) in [6.45, 7) is 6.85. The van der Waals surface area contributed by atoms with Gasteiger partial charge in [-0.1, -0.05) is 241 Å². The molecule has 0 aromatic rings. The molecular weight excluding hydrogens is 964 g/mol. The van der Waals surface area contributed by atoms with Gasteiger partial charge in [0.25, 0.3) is 0 Å². The predicted molar refractivity (Wildman–Crippen MR) is 328 cm³/mol. The largest absolute Gasteiger partial charge is 0.472 e. The first-order valence-corrected chi connectivity index (χ1v) is 32.9. The van der Waals surface area contributed by atoms with Crippen LogP contribution in [0.5, 0.6) is 0 Å². The maximum Gasteiger partial charge on any atom is 0.472 e. The van der Waals surface area contributed by atoms with E-state index < -0.39 is 20.0 Å². The molecule has 0 aromatic heterocycles. The SMILES string of the molecule is CC/C=C/C/C=C/C/C=C/C/C=C/CCCCCC(=O)NC(COP(=O)(O)OCC[N+](C)(C)C)C(/C=C\CCCCCCCCCCC)OC(=O)CCCCCCCCCCCCCCC/C=C\C/C=C\CCCCC. The van der Waals surface area contributed by atoms with E-state index in [1.807, 2.05) is 33.3 Å². The van der Waals surface area contributed by atoms with Crippen LogP contribution in [0.2, 0.25) is 0 Å². The Labute approximate surface area is 469 Å². The third-order valence-electron chi connectivity index (χ3n) is 13.6. The lowest BCUT2D eigenvalue weighted by Gasteiger charge is -2.27. The molecule has 2 N–H and O–H groups in total. The van der Waals surface area contributed by atoms with Gasteiger partial charge in [0.15, 0.2) is 0 Å². The highest BCUT2D eigenvalue weighted by Crippen LogP contribution is 2.43. The van der Waals surface area contributed by atoms with Crippen LogP contribution in [0.4, 0.5) is 0 Å². The van der Waals surface area contributed by atoms with Crippen LogP contribution in [-0.2, 0) is 27.9 Å². The molecule has 0 spiro atoms. The second-order valence-corrected chi connectivity index (χ2v) is 23.6. The molecule has 0 saturated carbocycles. The number of phosphoric acid groups is 1. The summed E-state index contributed by atoms with van der Waals surface area (Å²) in [5.41, 5.74) is 0. The zero-order valence-corrected chi connectivity index (χ0v) is 51.1. The molecule has 3 atom stereocenters. The lowest BCUT2D eigenvalue weighted by molar-refractivity contribution is -0.870. The number of allylic oxidation sites excluding steroid dienone is 13. The smallest absolute Gasteiger partial charge is 0.456 e. The fraction of sp³-hybridized carbons (Fsp3) is 0.758. The first-order chi connectivity index (χ1) is 36.9. The van der Waals surface area contributed by atoms with Gasteiger partial charge in [0, 0.05) is 12.8 Å². The van der Waals surface area contributed by atoms with E-state index in [4.69, 9.17) is 13.8 Å². The number of carbonyl (C=O) groups is 2. The molecule has 440 valence electrons. The number of amides is 1. The van der Waals surface area contributed by atoms with Crippen LogP contribution in [0.15, 0.2) is 85.1 Å². The van der Waals surface area contributed by atoms with Gasteiger partial charge in [-0.25, -0.2) is 4.57 Å². The van der Waals surface area contributed by atoms with E-state index >= 15 is 0 Å². The van der Waals surface area contributed by atoms with Crippen molar-refractivity contribution in [3.8, 4) is 0 Å². The minimum Gasteiger partial charge on any atom is -0.456 e. The van der Waals surface area contributed by atoms with Gasteiger partial charge in [-0.15, -0.1) is 0 Å². The Balaban J connectivity index is 5.18. The molecular formula is C66H120N2O7P+. The van der Waals surface area contributed by atoms with Crippen molar-refractivity contribution in [2.45, 2.75) is 283 Å². The van der Waals surface area contributed by atoms with Crippen molar-refractivity contribution in [2.24, 2.45) is 0 Å². The summed E-state index contributed by atoms with van der Waals surface area (Å²) in [5, 5.41) is 3.03. The number of quaternary nitrogens is 1. The van der Waals surface area contributed by atoms with Crippen molar-refractivity contribution >= 4 is 19.7 Å².